The zero-order valence-corrected chi connectivity index (χ0v) is 13.4. The Labute approximate surface area is 126 Å². The fourth-order valence-electron chi connectivity index (χ4n) is 2.33. The fourth-order valence-corrected chi connectivity index (χ4v) is 4.93. The molecular formula is C13H16BrFN2O2S. The summed E-state index contributed by atoms with van der Waals surface area (Å²) in [6, 6.07) is 4.46. The Morgan fingerprint density at radius 3 is 2.65 bits per heavy atom. The number of benzene rings is 1. The summed E-state index contributed by atoms with van der Waals surface area (Å²) in [5, 5.41) is 7.46. The van der Waals surface area contributed by atoms with Crippen molar-refractivity contribution in [2.45, 2.75) is 30.4 Å². The van der Waals surface area contributed by atoms with Crippen LogP contribution in [0.1, 0.15) is 31.2 Å². The SMILES string of the molecule is CC(CS(=O)(=O)C1(C(=N)N)CC1)c1cc(Br)ccc1F. The third kappa shape index (κ3) is 2.61. The number of nitrogens with one attached hydrogen (secondary N) is 1. The molecule has 1 aromatic rings. The second-order valence-corrected chi connectivity index (χ2v) is 8.52. The quantitative estimate of drug-likeness (QED) is 0.623. The molecule has 7 heteroatoms. The van der Waals surface area contributed by atoms with E-state index in [4.69, 9.17) is 11.1 Å². The molecule has 0 saturated heterocycles. The second kappa shape index (κ2) is 5.11. The predicted octanol–water partition coefficient (Wildman–Crippen LogP) is 2.58. The summed E-state index contributed by atoms with van der Waals surface area (Å²) in [4.78, 5) is 0. The molecule has 110 valence electrons. The van der Waals surface area contributed by atoms with Gasteiger partial charge in [0.1, 0.15) is 16.4 Å². The Morgan fingerprint density at radius 2 is 2.15 bits per heavy atom. The van der Waals surface area contributed by atoms with Gasteiger partial charge in [-0.25, -0.2) is 12.8 Å². The maximum absolute atomic E-state index is 13.8. The number of sulfone groups is 1. The summed E-state index contributed by atoms with van der Waals surface area (Å²) in [5.41, 5.74) is 5.76. The normalized spacial score (nSPS) is 18.6. The summed E-state index contributed by atoms with van der Waals surface area (Å²) < 4.78 is 38.0. The van der Waals surface area contributed by atoms with Crippen molar-refractivity contribution in [1.29, 1.82) is 5.41 Å². The summed E-state index contributed by atoms with van der Waals surface area (Å²) in [5.74, 6) is -1.43. The van der Waals surface area contributed by atoms with Crippen molar-refractivity contribution < 1.29 is 12.8 Å². The van der Waals surface area contributed by atoms with Gasteiger partial charge in [-0.2, -0.15) is 0 Å². The van der Waals surface area contributed by atoms with Crippen LogP contribution < -0.4 is 5.73 Å². The zero-order chi connectivity index (χ0) is 15.1. The average molecular weight is 363 g/mol. The van der Waals surface area contributed by atoms with Crippen LogP contribution in [-0.4, -0.2) is 24.8 Å². The Hall–Kier alpha value is -0.950. The van der Waals surface area contributed by atoms with Crippen LogP contribution >= 0.6 is 15.9 Å². The molecule has 20 heavy (non-hydrogen) atoms. The van der Waals surface area contributed by atoms with Gasteiger partial charge in [-0.1, -0.05) is 22.9 Å². The monoisotopic (exact) mass is 362 g/mol. The Balaban J connectivity index is 2.26. The highest BCUT2D eigenvalue weighted by Crippen LogP contribution is 2.45. The van der Waals surface area contributed by atoms with Gasteiger partial charge < -0.3 is 5.73 Å². The van der Waals surface area contributed by atoms with Gasteiger partial charge in [0.2, 0.25) is 0 Å². The van der Waals surface area contributed by atoms with Gasteiger partial charge in [-0.3, -0.25) is 5.41 Å². The smallest absolute Gasteiger partial charge is 0.163 e. The minimum atomic E-state index is -3.56. The molecule has 3 N–H and O–H groups in total. The molecule has 0 amide bonds. The number of halogens is 2. The molecule has 1 aliphatic rings. The van der Waals surface area contributed by atoms with E-state index in [0.29, 0.717) is 22.9 Å². The zero-order valence-electron chi connectivity index (χ0n) is 11.0. The first-order chi connectivity index (χ1) is 9.19. The molecule has 1 atom stereocenters. The van der Waals surface area contributed by atoms with Crippen LogP contribution in [0.4, 0.5) is 4.39 Å². The Morgan fingerprint density at radius 1 is 1.55 bits per heavy atom. The molecule has 0 spiro atoms. The van der Waals surface area contributed by atoms with E-state index in [1.807, 2.05) is 0 Å². The lowest BCUT2D eigenvalue weighted by molar-refractivity contribution is 0.574. The molecule has 0 aromatic heterocycles. The van der Waals surface area contributed by atoms with E-state index in [1.54, 1.807) is 19.1 Å². The van der Waals surface area contributed by atoms with Crippen molar-refractivity contribution in [3.63, 3.8) is 0 Å². The van der Waals surface area contributed by atoms with E-state index in [2.05, 4.69) is 15.9 Å². The van der Waals surface area contributed by atoms with Crippen molar-refractivity contribution in [3.8, 4) is 0 Å². The Kier molecular flexibility index (Phi) is 3.94. The van der Waals surface area contributed by atoms with E-state index in [-0.39, 0.29) is 11.6 Å². The van der Waals surface area contributed by atoms with Gasteiger partial charge in [-0.15, -0.1) is 0 Å². The van der Waals surface area contributed by atoms with Crippen molar-refractivity contribution >= 4 is 31.6 Å². The van der Waals surface area contributed by atoms with Crippen molar-refractivity contribution in [3.05, 3.63) is 34.1 Å². The van der Waals surface area contributed by atoms with E-state index in [9.17, 15) is 12.8 Å². The van der Waals surface area contributed by atoms with Crippen molar-refractivity contribution in [2.24, 2.45) is 5.73 Å². The van der Waals surface area contributed by atoms with E-state index < -0.39 is 26.3 Å². The molecule has 1 aromatic carbocycles. The lowest BCUT2D eigenvalue weighted by atomic mass is 10.0. The number of hydrogen-bond donors (Lipinski definition) is 2. The molecule has 0 radical (unpaired) electrons. The number of amidine groups is 1. The minimum absolute atomic E-state index is 0.208. The topological polar surface area (TPSA) is 84.0 Å². The molecule has 0 heterocycles. The summed E-state index contributed by atoms with van der Waals surface area (Å²) >= 11 is 3.25. The minimum Gasteiger partial charge on any atom is -0.386 e. The standard InChI is InChI=1S/C13H16BrFN2O2S/c1-8(10-6-9(14)2-3-11(10)15)7-20(18,19)13(4-5-13)12(16)17/h2-3,6,8H,4-5,7H2,1H3,(H3,16,17). The van der Waals surface area contributed by atoms with Crippen LogP contribution in [0.25, 0.3) is 0 Å². The van der Waals surface area contributed by atoms with Gasteiger partial charge in [0.15, 0.2) is 9.84 Å². The molecule has 0 bridgehead atoms. The maximum Gasteiger partial charge on any atom is 0.163 e. The molecule has 1 fully saturated rings. The molecular weight excluding hydrogens is 347 g/mol. The summed E-state index contributed by atoms with van der Waals surface area (Å²) in [6.07, 6.45) is 0.775. The largest absolute Gasteiger partial charge is 0.386 e. The predicted molar refractivity (Wildman–Crippen MR) is 80.2 cm³/mol. The van der Waals surface area contributed by atoms with Crippen LogP contribution in [0.3, 0.4) is 0 Å². The van der Waals surface area contributed by atoms with E-state index >= 15 is 0 Å². The van der Waals surface area contributed by atoms with Crippen LogP contribution in [0.2, 0.25) is 0 Å². The summed E-state index contributed by atoms with van der Waals surface area (Å²) in [7, 11) is -3.56. The highest BCUT2D eigenvalue weighted by atomic mass is 79.9. The van der Waals surface area contributed by atoms with Crippen LogP contribution in [0, 0.1) is 11.2 Å². The second-order valence-electron chi connectivity index (χ2n) is 5.26. The molecule has 1 aliphatic carbocycles. The highest BCUT2D eigenvalue weighted by Gasteiger charge is 2.57. The van der Waals surface area contributed by atoms with Gasteiger partial charge in [0.25, 0.3) is 0 Å². The first-order valence-electron chi connectivity index (χ1n) is 6.21. The van der Waals surface area contributed by atoms with E-state index in [1.165, 1.54) is 6.07 Å². The lowest BCUT2D eigenvalue weighted by Gasteiger charge is -2.19. The van der Waals surface area contributed by atoms with E-state index in [0.717, 1.165) is 0 Å². The number of nitrogens with two attached hydrogens (primary N) is 1. The highest BCUT2D eigenvalue weighted by molar-refractivity contribution is 9.10. The lowest BCUT2D eigenvalue weighted by Crippen LogP contribution is -2.40. The summed E-state index contributed by atoms with van der Waals surface area (Å²) in [6.45, 7) is 1.67. The van der Waals surface area contributed by atoms with Gasteiger partial charge >= 0.3 is 0 Å². The molecule has 4 nitrogen and oxygen atoms in total. The third-order valence-corrected chi connectivity index (χ3v) is 7.00. The fraction of sp³-hybridized carbons (Fsp3) is 0.462. The number of rotatable bonds is 5. The molecule has 0 aliphatic heterocycles. The Bertz CT molecular complexity index is 656. The number of hydrogen-bond acceptors (Lipinski definition) is 3. The third-order valence-electron chi connectivity index (χ3n) is 3.75. The van der Waals surface area contributed by atoms with Crippen LogP contribution in [0.5, 0.6) is 0 Å². The molecule has 1 saturated carbocycles. The molecule has 2 rings (SSSR count). The van der Waals surface area contributed by atoms with Gasteiger partial charge in [-0.05, 0) is 42.5 Å². The average Bonchev–Trinajstić information content (AvgIpc) is 3.13. The van der Waals surface area contributed by atoms with Crippen molar-refractivity contribution in [1.82, 2.24) is 0 Å². The van der Waals surface area contributed by atoms with Gasteiger partial charge in [0, 0.05) is 4.47 Å². The van der Waals surface area contributed by atoms with Crippen molar-refractivity contribution in [2.75, 3.05) is 5.75 Å². The maximum atomic E-state index is 13.8. The van der Waals surface area contributed by atoms with Crippen LogP contribution in [-0.2, 0) is 9.84 Å². The van der Waals surface area contributed by atoms with Gasteiger partial charge in [0.05, 0.1) is 5.75 Å². The molecule has 1 unspecified atom stereocenters. The first kappa shape index (κ1) is 15.4. The van der Waals surface area contributed by atoms with Crippen LogP contribution in [0.15, 0.2) is 22.7 Å². The first-order valence-corrected chi connectivity index (χ1v) is 8.66.